The van der Waals surface area contributed by atoms with Crippen LogP contribution in [-0.4, -0.2) is 30.2 Å². The van der Waals surface area contributed by atoms with E-state index in [1.807, 2.05) is 31.2 Å². The molecular formula is C12H16N2O3S. The summed E-state index contributed by atoms with van der Waals surface area (Å²) in [5.41, 5.74) is 0.758. The van der Waals surface area contributed by atoms with Crippen molar-refractivity contribution >= 4 is 17.7 Å². The summed E-state index contributed by atoms with van der Waals surface area (Å²) in [6.45, 7) is 2.09. The molecule has 0 aromatic heterocycles. The molecule has 0 aliphatic carbocycles. The number of hydroxylamine groups is 2. The monoisotopic (exact) mass is 268 g/mol. The molecule has 0 saturated carbocycles. The molecule has 6 heteroatoms. The SMILES string of the molecule is CC1=c2ccccc2=NC(CSOCCO)[NH+]1[O-]. The van der Waals surface area contributed by atoms with Crippen molar-refractivity contribution in [2.75, 3.05) is 19.0 Å². The number of nitrogens with zero attached hydrogens (tertiary/aromatic N) is 1. The Morgan fingerprint density at radius 1 is 1.50 bits per heavy atom. The van der Waals surface area contributed by atoms with Crippen LogP contribution >= 0.6 is 12.0 Å². The van der Waals surface area contributed by atoms with Gasteiger partial charge in [-0.05, 0) is 24.2 Å². The van der Waals surface area contributed by atoms with E-state index >= 15 is 0 Å². The van der Waals surface area contributed by atoms with Gasteiger partial charge < -0.3 is 19.6 Å². The number of aliphatic hydroxyl groups is 1. The van der Waals surface area contributed by atoms with Crippen LogP contribution in [0.15, 0.2) is 29.3 Å². The predicted molar refractivity (Wildman–Crippen MR) is 69.9 cm³/mol. The molecule has 1 aliphatic heterocycles. The van der Waals surface area contributed by atoms with E-state index in [1.165, 1.54) is 12.0 Å². The third-order valence-electron chi connectivity index (χ3n) is 2.76. The maximum absolute atomic E-state index is 12.1. The molecule has 0 amide bonds. The minimum Gasteiger partial charge on any atom is -0.627 e. The second-order valence-corrected chi connectivity index (χ2v) is 4.79. The average molecular weight is 268 g/mol. The van der Waals surface area contributed by atoms with E-state index < -0.39 is 0 Å². The van der Waals surface area contributed by atoms with Crippen molar-refractivity contribution in [3.63, 3.8) is 0 Å². The van der Waals surface area contributed by atoms with Gasteiger partial charge in [0, 0.05) is 6.92 Å². The molecule has 0 saturated heterocycles. The molecule has 0 fully saturated rings. The Hall–Kier alpha value is -0.920. The van der Waals surface area contributed by atoms with E-state index in [0.29, 0.717) is 5.75 Å². The van der Waals surface area contributed by atoms with Crippen LogP contribution in [0.4, 0.5) is 0 Å². The molecule has 5 nitrogen and oxygen atoms in total. The first-order valence-corrected chi connectivity index (χ1v) is 6.68. The van der Waals surface area contributed by atoms with Gasteiger partial charge in [0.25, 0.3) is 0 Å². The summed E-state index contributed by atoms with van der Waals surface area (Å²) < 4.78 is 5.10. The number of nitrogens with one attached hydrogen (secondary N) is 1. The lowest BCUT2D eigenvalue weighted by Gasteiger charge is -2.30. The smallest absolute Gasteiger partial charge is 0.197 e. The quantitative estimate of drug-likeness (QED) is 0.400. The Morgan fingerprint density at radius 2 is 2.28 bits per heavy atom. The molecular weight excluding hydrogens is 252 g/mol. The van der Waals surface area contributed by atoms with Crippen LogP contribution < -0.4 is 15.6 Å². The zero-order valence-electron chi connectivity index (χ0n) is 10.1. The zero-order chi connectivity index (χ0) is 13.0. The van der Waals surface area contributed by atoms with Gasteiger partial charge in [-0.1, -0.05) is 12.1 Å². The largest absolute Gasteiger partial charge is 0.627 e. The van der Waals surface area contributed by atoms with Crippen molar-refractivity contribution in [1.29, 1.82) is 0 Å². The highest BCUT2D eigenvalue weighted by molar-refractivity contribution is 7.94. The van der Waals surface area contributed by atoms with E-state index in [2.05, 4.69) is 4.99 Å². The topological polar surface area (TPSA) is 69.3 Å². The van der Waals surface area contributed by atoms with Gasteiger partial charge in [0.1, 0.15) is 5.70 Å². The second-order valence-electron chi connectivity index (χ2n) is 3.98. The molecule has 2 unspecified atom stereocenters. The minimum absolute atomic E-state index is 0.0171. The van der Waals surface area contributed by atoms with Gasteiger partial charge in [-0.25, -0.2) is 4.99 Å². The van der Waals surface area contributed by atoms with E-state index in [9.17, 15) is 5.21 Å². The van der Waals surface area contributed by atoms with Crippen molar-refractivity contribution in [3.8, 4) is 0 Å². The molecule has 1 aliphatic rings. The van der Waals surface area contributed by atoms with Gasteiger partial charge in [-0.15, -0.1) is 0 Å². The summed E-state index contributed by atoms with van der Waals surface area (Å²) >= 11 is 1.18. The number of rotatable bonds is 5. The Balaban J connectivity index is 2.14. The molecule has 1 aromatic carbocycles. The Kier molecular flexibility index (Phi) is 4.73. The summed E-state index contributed by atoms with van der Waals surface area (Å²) in [5.74, 6) is 0.477. The Bertz CT molecular complexity index is 520. The van der Waals surface area contributed by atoms with Gasteiger partial charge in [0.15, 0.2) is 6.17 Å². The molecule has 0 spiro atoms. The normalized spacial score (nSPS) is 22.5. The van der Waals surface area contributed by atoms with Gasteiger partial charge in [-0.3, -0.25) is 0 Å². The Labute approximate surface area is 110 Å². The minimum atomic E-state index is -0.386. The van der Waals surface area contributed by atoms with E-state index in [0.717, 1.165) is 16.3 Å². The van der Waals surface area contributed by atoms with Crippen LogP contribution in [0, 0.1) is 5.21 Å². The number of para-hydroxylation sites is 1. The second kappa shape index (κ2) is 6.31. The molecule has 18 heavy (non-hydrogen) atoms. The van der Waals surface area contributed by atoms with Crippen LogP contribution in [0.1, 0.15) is 6.92 Å². The molecule has 0 bridgehead atoms. The average Bonchev–Trinajstić information content (AvgIpc) is 2.40. The molecule has 1 heterocycles. The number of hydrogen-bond donors (Lipinski definition) is 2. The first-order valence-electron chi connectivity index (χ1n) is 5.77. The van der Waals surface area contributed by atoms with Gasteiger partial charge in [-0.2, -0.15) is 0 Å². The van der Waals surface area contributed by atoms with Crippen molar-refractivity contribution in [1.82, 2.24) is 0 Å². The fraction of sp³-hybridized carbons (Fsp3) is 0.417. The van der Waals surface area contributed by atoms with Crippen LogP contribution in [0.25, 0.3) is 5.70 Å². The maximum Gasteiger partial charge on any atom is 0.197 e. The first kappa shape index (κ1) is 13.5. The fourth-order valence-electron chi connectivity index (χ4n) is 1.83. The predicted octanol–water partition coefficient (Wildman–Crippen LogP) is -1.19. The van der Waals surface area contributed by atoms with Crippen LogP contribution in [0.5, 0.6) is 0 Å². The lowest BCUT2D eigenvalue weighted by Crippen LogP contribution is -3.10. The first-order chi connectivity index (χ1) is 8.74. The number of hydrogen-bond acceptors (Lipinski definition) is 5. The number of fused-ring (bicyclic) bond motifs is 1. The summed E-state index contributed by atoms with van der Waals surface area (Å²) in [7, 11) is 0. The number of quaternary nitrogens is 1. The third-order valence-corrected chi connectivity index (χ3v) is 3.54. The zero-order valence-corrected chi connectivity index (χ0v) is 10.9. The van der Waals surface area contributed by atoms with Crippen molar-refractivity contribution < 1.29 is 14.4 Å². The molecule has 2 atom stereocenters. The van der Waals surface area contributed by atoms with E-state index in [4.69, 9.17) is 9.29 Å². The van der Waals surface area contributed by atoms with Gasteiger partial charge >= 0.3 is 0 Å². The lowest BCUT2D eigenvalue weighted by molar-refractivity contribution is -0.799. The number of benzene rings is 1. The molecule has 2 N–H and O–H groups in total. The Morgan fingerprint density at radius 3 is 3.06 bits per heavy atom. The van der Waals surface area contributed by atoms with Crippen molar-refractivity contribution in [2.45, 2.75) is 13.1 Å². The lowest BCUT2D eigenvalue weighted by atomic mass is 10.2. The van der Waals surface area contributed by atoms with E-state index in [-0.39, 0.29) is 24.4 Å². The van der Waals surface area contributed by atoms with Gasteiger partial charge in [0.2, 0.25) is 0 Å². The van der Waals surface area contributed by atoms with Crippen LogP contribution in [0.2, 0.25) is 0 Å². The number of aliphatic hydroxyl groups excluding tert-OH is 1. The molecule has 1 aromatic rings. The van der Waals surface area contributed by atoms with Gasteiger partial charge in [0.05, 0.1) is 29.5 Å². The molecule has 2 rings (SSSR count). The highest BCUT2D eigenvalue weighted by atomic mass is 32.2. The standard InChI is InChI=1S/C12H16N2O3S/c1-9-10-4-2-3-5-11(10)13-12(14(9)16)8-18-17-7-6-15/h2-5,12,14-15H,6-8H2,1H3. The van der Waals surface area contributed by atoms with Crippen LogP contribution in [0.3, 0.4) is 0 Å². The summed E-state index contributed by atoms with van der Waals surface area (Å²) in [5, 5.41) is 22.5. The highest BCUT2D eigenvalue weighted by Crippen LogP contribution is 2.04. The summed E-state index contributed by atoms with van der Waals surface area (Å²) in [6.07, 6.45) is -0.386. The van der Waals surface area contributed by atoms with E-state index in [1.54, 1.807) is 0 Å². The highest BCUT2D eigenvalue weighted by Gasteiger charge is 2.20. The maximum atomic E-state index is 12.1. The van der Waals surface area contributed by atoms with Crippen molar-refractivity contribution in [2.24, 2.45) is 4.99 Å². The molecule has 98 valence electrons. The summed E-state index contributed by atoms with van der Waals surface area (Å²) in [6, 6.07) is 7.65. The van der Waals surface area contributed by atoms with Crippen LogP contribution in [-0.2, 0) is 4.18 Å². The van der Waals surface area contributed by atoms with Crippen molar-refractivity contribution in [3.05, 3.63) is 40.0 Å². The third kappa shape index (κ3) is 2.90. The summed E-state index contributed by atoms with van der Waals surface area (Å²) in [4.78, 5) is 4.44. The fourth-order valence-corrected chi connectivity index (χ4v) is 2.48. The molecule has 0 radical (unpaired) electrons.